The molecule has 9 nitrogen and oxygen atoms in total. The quantitative estimate of drug-likeness (QED) is 0.610. The van der Waals surface area contributed by atoms with Gasteiger partial charge in [-0.2, -0.15) is 9.97 Å². The van der Waals surface area contributed by atoms with Gasteiger partial charge in [-0.05, 0) is 30.4 Å². The molecular weight excluding hydrogens is 400 g/mol. The molecule has 1 fully saturated rings. The van der Waals surface area contributed by atoms with E-state index in [1.807, 2.05) is 0 Å². The molecule has 1 aliphatic heterocycles. The number of hydrogen-bond donors (Lipinski definition) is 2. The summed E-state index contributed by atoms with van der Waals surface area (Å²) in [6.45, 7) is 5.67. The van der Waals surface area contributed by atoms with Crippen LogP contribution in [-0.2, 0) is 11.2 Å². The third kappa shape index (κ3) is 4.07. The molecule has 4 rings (SSSR count). The number of H-pyrrole nitrogens is 1. The van der Waals surface area contributed by atoms with Crippen molar-refractivity contribution in [3.63, 3.8) is 0 Å². The Morgan fingerprint density at radius 3 is 2.89 bits per heavy atom. The highest BCUT2D eigenvalue weighted by atomic mass is 35.5. The molecule has 1 saturated heterocycles. The molecule has 3 aromatic rings. The SMILES string of the molecule is CC(C)Cc1nnc(NC(=O)C2CCN(c3nc(Cl)nc4nc[nH]c34)CC2)s1. The van der Waals surface area contributed by atoms with Crippen LogP contribution >= 0.6 is 22.9 Å². The summed E-state index contributed by atoms with van der Waals surface area (Å²) in [6.07, 6.45) is 3.89. The van der Waals surface area contributed by atoms with Crippen molar-refractivity contribution in [3.05, 3.63) is 16.6 Å². The average Bonchev–Trinajstić information content (AvgIpc) is 3.30. The molecule has 0 aliphatic carbocycles. The number of carbonyl (C=O) groups excluding carboxylic acids is 1. The molecule has 0 aromatic carbocycles. The molecule has 1 amide bonds. The molecular formula is C17H21ClN8OS. The highest BCUT2D eigenvalue weighted by Gasteiger charge is 2.28. The first-order valence-electron chi connectivity index (χ1n) is 9.24. The summed E-state index contributed by atoms with van der Waals surface area (Å²) in [6, 6.07) is 0. The van der Waals surface area contributed by atoms with E-state index in [0.29, 0.717) is 29.8 Å². The lowest BCUT2D eigenvalue weighted by Gasteiger charge is -2.32. The minimum atomic E-state index is -0.0664. The van der Waals surface area contributed by atoms with Gasteiger partial charge in [0.1, 0.15) is 10.5 Å². The zero-order valence-corrected chi connectivity index (χ0v) is 17.2. The Morgan fingerprint density at radius 1 is 1.36 bits per heavy atom. The molecule has 148 valence electrons. The molecule has 0 radical (unpaired) electrons. The first-order chi connectivity index (χ1) is 13.5. The maximum atomic E-state index is 12.6. The fourth-order valence-electron chi connectivity index (χ4n) is 3.32. The molecule has 3 aromatic heterocycles. The fourth-order valence-corrected chi connectivity index (χ4v) is 4.43. The van der Waals surface area contributed by atoms with E-state index in [9.17, 15) is 4.79 Å². The number of rotatable bonds is 5. The van der Waals surface area contributed by atoms with Crippen molar-refractivity contribution in [3.8, 4) is 0 Å². The van der Waals surface area contributed by atoms with E-state index < -0.39 is 0 Å². The smallest absolute Gasteiger partial charge is 0.229 e. The van der Waals surface area contributed by atoms with Crippen molar-refractivity contribution in [1.29, 1.82) is 0 Å². The number of halogens is 1. The number of amides is 1. The maximum absolute atomic E-state index is 12.6. The van der Waals surface area contributed by atoms with E-state index in [0.717, 1.165) is 35.6 Å². The maximum Gasteiger partial charge on any atom is 0.229 e. The van der Waals surface area contributed by atoms with E-state index in [2.05, 4.69) is 54.2 Å². The van der Waals surface area contributed by atoms with Crippen molar-refractivity contribution in [2.45, 2.75) is 33.1 Å². The Hall–Kier alpha value is -2.33. The standard InChI is InChI=1S/C17H21ClN8OS/c1-9(2)7-11-24-25-17(28-11)23-15(27)10-3-5-26(6-4-10)14-12-13(20-8-19-12)21-16(18)22-14/h8-10H,3-7H2,1-2H3,(H,23,25,27)(H,19,20,21,22). The van der Waals surface area contributed by atoms with Crippen LogP contribution < -0.4 is 10.2 Å². The summed E-state index contributed by atoms with van der Waals surface area (Å²) in [7, 11) is 0. The summed E-state index contributed by atoms with van der Waals surface area (Å²) in [5.41, 5.74) is 1.31. The molecule has 0 saturated carbocycles. The summed E-state index contributed by atoms with van der Waals surface area (Å²) < 4.78 is 0. The third-order valence-electron chi connectivity index (χ3n) is 4.68. The van der Waals surface area contributed by atoms with Crippen LogP contribution in [0.5, 0.6) is 0 Å². The van der Waals surface area contributed by atoms with Gasteiger partial charge in [0, 0.05) is 25.4 Å². The molecule has 1 aliphatic rings. The first kappa shape index (κ1) is 19.0. The summed E-state index contributed by atoms with van der Waals surface area (Å²) >= 11 is 7.47. The number of nitrogens with zero attached hydrogens (tertiary/aromatic N) is 6. The molecule has 0 bridgehead atoms. The number of piperidine rings is 1. The Bertz CT molecular complexity index is 979. The van der Waals surface area contributed by atoms with E-state index in [-0.39, 0.29) is 17.1 Å². The van der Waals surface area contributed by atoms with Crippen molar-refractivity contribution < 1.29 is 4.79 Å². The molecule has 0 spiro atoms. The number of hydrogen-bond acceptors (Lipinski definition) is 8. The number of aromatic nitrogens is 6. The number of carbonyl (C=O) groups is 1. The minimum absolute atomic E-state index is 0.000644. The van der Waals surface area contributed by atoms with Gasteiger partial charge in [-0.15, -0.1) is 10.2 Å². The summed E-state index contributed by atoms with van der Waals surface area (Å²) in [5, 5.41) is 12.8. The lowest BCUT2D eigenvalue weighted by Crippen LogP contribution is -2.38. The highest BCUT2D eigenvalue weighted by molar-refractivity contribution is 7.15. The topological polar surface area (TPSA) is 113 Å². The van der Waals surface area contributed by atoms with Crippen molar-refractivity contribution in [2.24, 2.45) is 11.8 Å². The summed E-state index contributed by atoms with van der Waals surface area (Å²) in [5.74, 6) is 1.17. The number of imidazole rings is 1. The number of aromatic amines is 1. The number of anilines is 2. The molecule has 28 heavy (non-hydrogen) atoms. The molecule has 2 N–H and O–H groups in total. The molecule has 0 unspecified atom stereocenters. The van der Waals surface area contributed by atoms with E-state index >= 15 is 0 Å². The Labute approximate surface area is 171 Å². The van der Waals surface area contributed by atoms with Gasteiger partial charge in [-0.3, -0.25) is 4.79 Å². The van der Waals surface area contributed by atoms with E-state index in [4.69, 9.17) is 11.6 Å². The summed E-state index contributed by atoms with van der Waals surface area (Å²) in [4.78, 5) is 30.4. The van der Waals surface area contributed by atoms with Crippen LogP contribution in [0.25, 0.3) is 11.2 Å². The second kappa shape index (κ2) is 7.96. The molecule has 4 heterocycles. The van der Waals surface area contributed by atoms with E-state index in [1.54, 1.807) is 6.33 Å². The second-order valence-electron chi connectivity index (χ2n) is 7.27. The van der Waals surface area contributed by atoms with Gasteiger partial charge in [-0.1, -0.05) is 25.2 Å². The average molecular weight is 421 g/mol. The van der Waals surface area contributed by atoms with Crippen molar-refractivity contribution >= 4 is 51.0 Å². The van der Waals surface area contributed by atoms with Gasteiger partial charge in [0.15, 0.2) is 11.5 Å². The normalized spacial score (nSPS) is 15.5. The van der Waals surface area contributed by atoms with Gasteiger partial charge in [0.05, 0.1) is 6.33 Å². The van der Waals surface area contributed by atoms with Gasteiger partial charge in [0.25, 0.3) is 0 Å². The van der Waals surface area contributed by atoms with Crippen LogP contribution in [0.2, 0.25) is 5.28 Å². The predicted octanol–water partition coefficient (Wildman–Crippen LogP) is 2.91. The van der Waals surface area contributed by atoms with Crippen molar-refractivity contribution in [2.75, 3.05) is 23.3 Å². The third-order valence-corrected chi connectivity index (χ3v) is 5.71. The van der Waals surface area contributed by atoms with Crippen LogP contribution in [0.4, 0.5) is 10.9 Å². The zero-order chi connectivity index (χ0) is 19.7. The molecule has 0 atom stereocenters. The molecule has 11 heteroatoms. The lowest BCUT2D eigenvalue weighted by molar-refractivity contribution is -0.120. The monoisotopic (exact) mass is 420 g/mol. The van der Waals surface area contributed by atoms with Gasteiger partial charge in [-0.25, -0.2) is 4.98 Å². The predicted molar refractivity (Wildman–Crippen MR) is 109 cm³/mol. The van der Waals surface area contributed by atoms with Gasteiger partial charge >= 0.3 is 0 Å². The van der Waals surface area contributed by atoms with Crippen LogP contribution in [0.1, 0.15) is 31.7 Å². The largest absolute Gasteiger partial charge is 0.355 e. The lowest BCUT2D eigenvalue weighted by atomic mass is 9.96. The fraction of sp³-hybridized carbons (Fsp3) is 0.529. The van der Waals surface area contributed by atoms with Crippen LogP contribution in [-0.4, -0.2) is 49.1 Å². The van der Waals surface area contributed by atoms with Gasteiger partial charge < -0.3 is 15.2 Å². The van der Waals surface area contributed by atoms with Gasteiger partial charge in [0.2, 0.25) is 16.3 Å². The highest BCUT2D eigenvalue weighted by Crippen LogP contribution is 2.28. The van der Waals surface area contributed by atoms with Crippen LogP contribution in [0.15, 0.2) is 6.33 Å². The van der Waals surface area contributed by atoms with Crippen LogP contribution in [0, 0.1) is 11.8 Å². The minimum Gasteiger partial charge on any atom is -0.355 e. The number of fused-ring (bicyclic) bond motifs is 1. The Balaban J connectivity index is 1.37. The number of nitrogens with one attached hydrogen (secondary N) is 2. The first-order valence-corrected chi connectivity index (χ1v) is 10.4. The van der Waals surface area contributed by atoms with Crippen LogP contribution in [0.3, 0.4) is 0 Å². The second-order valence-corrected chi connectivity index (χ2v) is 8.67. The van der Waals surface area contributed by atoms with E-state index in [1.165, 1.54) is 11.3 Å². The Morgan fingerprint density at radius 2 is 2.14 bits per heavy atom. The van der Waals surface area contributed by atoms with Crippen molar-refractivity contribution in [1.82, 2.24) is 30.1 Å². The zero-order valence-electron chi connectivity index (χ0n) is 15.6. The Kier molecular flexibility index (Phi) is 5.40.